The van der Waals surface area contributed by atoms with Crippen LogP contribution in [-0.2, 0) is 38.4 Å². The summed E-state index contributed by atoms with van der Waals surface area (Å²) in [5.74, 6) is -1.98. The number of aliphatic carboxylic acids is 2. The number of carboxylic acids is 2. The number of carbonyl (C=O) groups is 4. The summed E-state index contributed by atoms with van der Waals surface area (Å²) in [4.78, 5) is 56.0. The lowest BCUT2D eigenvalue weighted by Gasteiger charge is -2.24. The maximum Gasteiger partial charge on any atom is 0.303 e. The Hall–Kier alpha value is -3.34. The molecular formula is C33H46N4O6S. The minimum Gasteiger partial charge on any atom is -0.481 e. The van der Waals surface area contributed by atoms with Gasteiger partial charge in [-0.2, -0.15) is 12.6 Å². The molecule has 1 aromatic rings. The van der Waals surface area contributed by atoms with Gasteiger partial charge in [0.05, 0.1) is 5.71 Å². The molecule has 0 radical (unpaired) electrons. The van der Waals surface area contributed by atoms with E-state index in [1.165, 1.54) is 0 Å². The molecule has 0 spiro atoms. The number of aromatic nitrogens is 1. The lowest BCUT2D eigenvalue weighted by molar-refractivity contribution is -0.138. The Kier molecular flexibility index (Phi) is 10.5. The normalized spacial score (nSPS) is 25.9. The molecule has 5 N–H and O–H groups in total. The Balaban J connectivity index is 1.65. The molecule has 3 aliphatic rings. The van der Waals surface area contributed by atoms with Gasteiger partial charge in [-0.15, -0.1) is 0 Å². The number of rotatable bonds is 14. The first-order chi connectivity index (χ1) is 20.7. The largest absolute Gasteiger partial charge is 0.481 e. The molecule has 1 fully saturated rings. The topological polar surface area (TPSA) is 161 Å². The van der Waals surface area contributed by atoms with E-state index in [0.29, 0.717) is 38.5 Å². The van der Waals surface area contributed by atoms with Crippen molar-refractivity contribution in [2.45, 2.75) is 110 Å². The Bertz CT molecular complexity index is 1440. The quantitative estimate of drug-likeness (QED) is 0.168. The molecule has 2 amide bonds. The molecule has 10 nitrogen and oxygen atoms in total. The van der Waals surface area contributed by atoms with Gasteiger partial charge in [-0.3, -0.25) is 19.2 Å². The summed E-state index contributed by atoms with van der Waals surface area (Å²) in [5, 5.41) is 25.8. The highest BCUT2D eigenvalue weighted by molar-refractivity contribution is 7.80. The van der Waals surface area contributed by atoms with Crippen LogP contribution >= 0.6 is 12.6 Å². The van der Waals surface area contributed by atoms with Gasteiger partial charge in [0.25, 0.3) is 5.91 Å². The molecule has 4 heterocycles. The molecule has 1 aromatic heterocycles. The maximum atomic E-state index is 12.6. The minimum atomic E-state index is -0.880. The van der Waals surface area contributed by atoms with Crippen LogP contribution in [0.2, 0.25) is 0 Å². The molecule has 0 saturated carbocycles. The highest BCUT2D eigenvalue weighted by Gasteiger charge is 2.42. The SMILES string of the molecule is CCC1=C(C)C(C[C@H]2NC(Cc3[nH]c(CC4NC(=O)C(C)[C@H]4[C@H](C)S)c(C)c3CCC(=O)O)=C(CCC(=O)O)[C@H]2C)=NC1=O. The van der Waals surface area contributed by atoms with Crippen molar-refractivity contribution in [3.8, 4) is 0 Å². The van der Waals surface area contributed by atoms with Gasteiger partial charge < -0.3 is 25.8 Å². The van der Waals surface area contributed by atoms with Crippen LogP contribution in [0.3, 0.4) is 0 Å². The number of aliphatic imine (C=N–C) groups is 1. The molecule has 6 atom stereocenters. The second-order valence-electron chi connectivity index (χ2n) is 12.6. The average Bonchev–Trinajstić information content (AvgIpc) is 3.59. The fourth-order valence-corrected chi connectivity index (χ4v) is 7.83. The molecule has 44 heavy (non-hydrogen) atoms. The Morgan fingerprint density at radius 1 is 0.955 bits per heavy atom. The van der Waals surface area contributed by atoms with Gasteiger partial charge in [0.15, 0.2) is 0 Å². The van der Waals surface area contributed by atoms with Crippen molar-refractivity contribution in [1.29, 1.82) is 0 Å². The summed E-state index contributed by atoms with van der Waals surface area (Å²) in [6.07, 6.45) is 2.94. The average molecular weight is 627 g/mol. The molecule has 2 unspecified atom stereocenters. The lowest BCUT2D eigenvalue weighted by Crippen LogP contribution is -2.34. The highest BCUT2D eigenvalue weighted by Crippen LogP contribution is 2.37. The number of thiol groups is 1. The second-order valence-corrected chi connectivity index (χ2v) is 13.5. The first-order valence-electron chi connectivity index (χ1n) is 15.6. The zero-order valence-corrected chi connectivity index (χ0v) is 27.4. The number of nitrogens with one attached hydrogen (secondary N) is 3. The number of carbonyl (C=O) groups excluding carboxylic acids is 2. The Morgan fingerprint density at radius 3 is 2.20 bits per heavy atom. The van der Waals surface area contributed by atoms with Gasteiger partial charge in [0, 0.05) is 83.9 Å². The first kappa shape index (κ1) is 33.6. The van der Waals surface area contributed by atoms with E-state index in [-0.39, 0.29) is 59.7 Å². The number of hydrogen-bond acceptors (Lipinski definition) is 6. The van der Waals surface area contributed by atoms with Crippen LogP contribution in [0.15, 0.2) is 27.4 Å². The highest BCUT2D eigenvalue weighted by atomic mass is 32.1. The molecule has 0 aliphatic carbocycles. The third-order valence-electron chi connectivity index (χ3n) is 9.93. The van der Waals surface area contributed by atoms with Gasteiger partial charge in [-0.1, -0.05) is 27.7 Å². The van der Waals surface area contributed by atoms with Gasteiger partial charge >= 0.3 is 11.9 Å². The standard InChI is InChI=1S/C33H46N4O6S/c1-7-20-15(2)25(36-33(20)43)12-23-16(3)21(8-10-29(38)39)26(34-23)14-27-22(9-11-30(40)41)17(4)24(35-27)13-28-31(19(6)44)18(5)32(42)37-28/h16,18-19,23,28,31,34-35,44H,7-14H2,1-6H3,(H,37,42)(H,38,39)(H,40,41)/t16-,18?,19+,23-,28?,31+/m1/s1. The third kappa shape index (κ3) is 6.98. The number of allylic oxidation sites excluding steroid dienone is 2. The van der Waals surface area contributed by atoms with E-state index < -0.39 is 11.9 Å². The van der Waals surface area contributed by atoms with E-state index in [2.05, 4.69) is 40.2 Å². The molecule has 240 valence electrons. The zero-order chi connectivity index (χ0) is 32.5. The van der Waals surface area contributed by atoms with E-state index in [4.69, 9.17) is 0 Å². The number of hydrogen-bond donors (Lipinski definition) is 6. The zero-order valence-electron chi connectivity index (χ0n) is 26.5. The van der Waals surface area contributed by atoms with Crippen LogP contribution in [0.5, 0.6) is 0 Å². The van der Waals surface area contributed by atoms with Crippen molar-refractivity contribution in [2.75, 3.05) is 0 Å². The lowest BCUT2D eigenvalue weighted by atomic mass is 9.86. The third-order valence-corrected chi connectivity index (χ3v) is 10.3. The predicted molar refractivity (Wildman–Crippen MR) is 172 cm³/mol. The Labute approximate surface area is 264 Å². The van der Waals surface area contributed by atoms with Crippen LogP contribution in [0.25, 0.3) is 0 Å². The summed E-state index contributed by atoms with van der Waals surface area (Å²) in [5.41, 5.74) is 8.18. The monoisotopic (exact) mass is 626 g/mol. The van der Waals surface area contributed by atoms with E-state index in [1.807, 2.05) is 34.6 Å². The van der Waals surface area contributed by atoms with Gasteiger partial charge in [-0.05, 0) is 61.3 Å². The maximum absolute atomic E-state index is 12.6. The molecule has 3 aliphatic heterocycles. The molecule has 0 aromatic carbocycles. The van der Waals surface area contributed by atoms with Crippen LogP contribution in [0, 0.1) is 24.7 Å². The van der Waals surface area contributed by atoms with Crippen LogP contribution < -0.4 is 10.6 Å². The van der Waals surface area contributed by atoms with Crippen molar-refractivity contribution >= 4 is 42.1 Å². The summed E-state index contributed by atoms with van der Waals surface area (Å²) < 4.78 is 0. The second kappa shape index (κ2) is 13.7. The predicted octanol–water partition coefficient (Wildman–Crippen LogP) is 4.32. The number of amides is 2. The van der Waals surface area contributed by atoms with E-state index in [9.17, 15) is 29.4 Å². The summed E-state index contributed by atoms with van der Waals surface area (Å²) in [7, 11) is 0. The van der Waals surface area contributed by atoms with Gasteiger partial charge in [0.2, 0.25) is 5.91 Å². The van der Waals surface area contributed by atoms with Gasteiger partial charge in [0.1, 0.15) is 0 Å². The van der Waals surface area contributed by atoms with Crippen molar-refractivity contribution in [3.05, 3.63) is 44.9 Å². The minimum absolute atomic E-state index is 0.000340. The number of aromatic amines is 1. The molecule has 11 heteroatoms. The van der Waals surface area contributed by atoms with E-state index in [1.54, 1.807) is 0 Å². The molecular weight excluding hydrogens is 580 g/mol. The van der Waals surface area contributed by atoms with Crippen LogP contribution in [0.4, 0.5) is 0 Å². The van der Waals surface area contributed by atoms with Crippen LogP contribution in [-0.4, -0.2) is 62.0 Å². The fourth-order valence-electron chi connectivity index (χ4n) is 7.36. The van der Waals surface area contributed by atoms with Crippen molar-refractivity contribution in [3.63, 3.8) is 0 Å². The number of nitrogens with zero attached hydrogens (tertiary/aromatic N) is 1. The van der Waals surface area contributed by atoms with E-state index in [0.717, 1.165) is 50.6 Å². The molecule has 1 saturated heterocycles. The van der Waals surface area contributed by atoms with Crippen molar-refractivity contribution in [1.82, 2.24) is 15.6 Å². The summed E-state index contributed by atoms with van der Waals surface area (Å²) >= 11 is 4.67. The smallest absolute Gasteiger partial charge is 0.303 e. The summed E-state index contributed by atoms with van der Waals surface area (Å²) in [6, 6.07) is -0.154. The van der Waals surface area contributed by atoms with E-state index >= 15 is 0 Å². The van der Waals surface area contributed by atoms with Crippen molar-refractivity contribution in [2.24, 2.45) is 22.7 Å². The molecule has 0 bridgehead atoms. The number of carboxylic acid groups (broad SMARTS) is 2. The van der Waals surface area contributed by atoms with Crippen LogP contribution in [0.1, 0.15) is 89.2 Å². The van der Waals surface area contributed by atoms with Crippen molar-refractivity contribution < 1.29 is 29.4 Å². The Morgan fingerprint density at radius 2 is 1.61 bits per heavy atom. The first-order valence-corrected chi connectivity index (χ1v) is 16.2. The number of H-pyrrole nitrogens is 1. The summed E-state index contributed by atoms with van der Waals surface area (Å²) in [6.45, 7) is 11.9. The fraction of sp³-hybridized carbons (Fsp3) is 0.606. The van der Waals surface area contributed by atoms with Gasteiger partial charge in [-0.25, -0.2) is 4.99 Å². The molecule has 4 rings (SSSR count).